The minimum absolute atomic E-state index is 0.00258. The summed E-state index contributed by atoms with van der Waals surface area (Å²) < 4.78 is 0. The molecule has 1 aromatic heterocycles. The second kappa shape index (κ2) is 6.83. The van der Waals surface area contributed by atoms with Crippen molar-refractivity contribution in [3.05, 3.63) is 45.6 Å². The molecular weight excluding hydrogens is 340 g/mol. The number of thiazole rings is 1. The minimum atomic E-state index is -1.22. The van der Waals surface area contributed by atoms with E-state index in [4.69, 9.17) is 5.11 Å². The van der Waals surface area contributed by atoms with Crippen molar-refractivity contribution >= 4 is 44.9 Å². The van der Waals surface area contributed by atoms with Crippen molar-refractivity contribution in [3.8, 4) is 0 Å². The fourth-order valence-corrected chi connectivity index (χ4v) is 2.37. The highest BCUT2D eigenvalue weighted by molar-refractivity contribution is 7.18. The molecule has 0 aliphatic carbocycles. The van der Waals surface area contributed by atoms with Crippen molar-refractivity contribution in [2.24, 2.45) is 0 Å². The summed E-state index contributed by atoms with van der Waals surface area (Å²) in [6, 6.07) is 3.57. The number of carboxylic acid groups (broad SMARTS) is 1. The third-order valence-electron chi connectivity index (χ3n) is 2.72. The van der Waals surface area contributed by atoms with Gasteiger partial charge in [0.2, 0.25) is 5.91 Å². The lowest BCUT2D eigenvalue weighted by atomic mass is 10.1. The smallest absolute Gasteiger partial charge is 0.345 e. The molecule has 2 aromatic rings. The van der Waals surface area contributed by atoms with Crippen LogP contribution in [0.5, 0.6) is 0 Å². The zero-order valence-electron chi connectivity index (χ0n) is 12.1. The number of nitro groups is 1. The van der Waals surface area contributed by atoms with Crippen LogP contribution in [-0.2, 0) is 4.79 Å². The lowest BCUT2D eigenvalue weighted by molar-refractivity contribution is -0.380. The topological polar surface area (TPSA) is 152 Å². The second-order valence-electron chi connectivity index (χ2n) is 4.46. The molecule has 0 radical (unpaired) electrons. The van der Waals surface area contributed by atoms with Gasteiger partial charge in [-0.25, -0.2) is 9.78 Å². The van der Waals surface area contributed by atoms with Crippen molar-refractivity contribution in [2.75, 3.05) is 10.6 Å². The van der Waals surface area contributed by atoms with Gasteiger partial charge >= 0.3 is 11.0 Å². The normalized spacial score (nSPS) is 10.0. The molecule has 24 heavy (non-hydrogen) atoms. The summed E-state index contributed by atoms with van der Waals surface area (Å²) in [5.74, 6) is -2.40. The molecule has 0 saturated carbocycles. The molecule has 0 atom stereocenters. The Hall–Kier alpha value is -3.34. The van der Waals surface area contributed by atoms with Gasteiger partial charge in [0.1, 0.15) is 6.20 Å². The number of aromatic nitrogens is 1. The first-order valence-electron chi connectivity index (χ1n) is 6.34. The zero-order valence-corrected chi connectivity index (χ0v) is 12.9. The summed E-state index contributed by atoms with van der Waals surface area (Å²) in [6.07, 6.45) is 1.00. The number of hydrogen-bond acceptors (Lipinski definition) is 7. The van der Waals surface area contributed by atoms with Gasteiger partial charge < -0.3 is 10.4 Å². The van der Waals surface area contributed by atoms with Crippen LogP contribution >= 0.6 is 11.3 Å². The zero-order chi connectivity index (χ0) is 17.9. The summed E-state index contributed by atoms with van der Waals surface area (Å²) in [7, 11) is 0. The largest absolute Gasteiger partial charge is 0.478 e. The Labute approximate surface area is 138 Å². The maximum Gasteiger partial charge on any atom is 0.345 e. The maximum absolute atomic E-state index is 12.3. The van der Waals surface area contributed by atoms with E-state index in [1.807, 2.05) is 0 Å². The van der Waals surface area contributed by atoms with E-state index in [9.17, 15) is 24.5 Å². The second-order valence-corrected chi connectivity index (χ2v) is 5.47. The summed E-state index contributed by atoms with van der Waals surface area (Å²) in [5, 5.41) is 24.1. The summed E-state index contributed by atoms with van der Waals surface area (Å²) in [4.78, 5) is 48.2. The van der Waals surface area contributed by atoms with Gasteiger partial charge in [0, 0.05) is 6.92 Å². The van der Waals surface area contributed by atoms with Crippen molar-refractivity contribution in [3.63, 3.8) is 0 Å². The van der Waals surface area contributed by atoms with E-state index in [0.29, 0.717) is 11.3 Å². The summed E-state index contributed by atoms with van der Waals surface area (Å²) in [6.45, 7) is 1.21. The monoisotopic (exact) mass is 350 g/mol. The van der Waals surface area contributed by atoms with Crippen LogP contribution in [0.3, 0.4) is 0 Å². The number of hydrogen-bond donors (Lipinski definition) is 3. The van der Waals surface area contributed by atoms with Gasteiger partial charge in [-0.1, -0.05) is 0 Å². The third kappa shape index (κ3) is 3.89. The average Bonchev–Trinajstić information content (AvgIpc) is 2.95. The maximum atomic E-state index is 12.3. The number of nitrogens with one attached hydrogen (secondary N) is 2. The van der Waals surface area contributed by atoms with Crippen LogP contribution in [0.4, 0.5) is 15.8 Å². The Morgan fingerprint density at radius 1 is 1.29 bits per heavy atom. The highest BCUT2D eigenvalue weighted by atomic mass is 32.1. The summed E-state index contributed by atoms with van der Waals surface area (Å²) >= 11 is 0.668. The average molecular weight is 350 g/mol. The fraction of sp³-hybridized carbons (Fsp3) is 0.0769. The Morgan fingerprint density at radius 2 is 2.00 bits per heavy atom. The van der Waals surface area contributed by atoms with E-state index < -0.39 is 22.7 Å². The van der Waals surface area contributed by atoms with Crippen LogP contribution in [0.25, 0.3) is 0 Å². The van der Waals surface area contributed by atoms with Crippen molar-refractivity contribution in [2.45, 2.75) is 6.92 Å². The lowest BCUT2D eigenvalue weighted by Crippen LogP contribution is -2.17. The van der Waals surface area contributed by atoms with Gasteiger partial charge in [0.15, 0.2) is 5.13 Å². The highest BCUT2D eigenvalue weighted by Gasteiger charge is 2.18. The third-order valence-corrected chi connectivity index (χ3v) is 3.58. The van der Waals surface area contributed by atoms with Crippen LogP contribution in [0, 0.1) is 10.1 Å². The number of carbonyl (C=O) groups is 3. The molecule has 0 aliphatic rings. The van der Waals surface area contributed by atoms with Gasteiger partial charge in [0.05, 0.1) is 21.7 Å². The molecule has 0 aliphatic heterocycles. The number of nitrogens with zero attached hydrogens (tertiary/aromatic N) is 2. The predicted octanol–water partition coefficient (Wildman–Crippen LogP) is 1.96. The molecule has 0 unspecified atom stereocenters. The SMILES string of the molecule is CC(=O)Nc1cc(C(=O)O)ccc1C(=O)Nc1ncc([N+](=O)[O-])s1. The van der Waals surface area contributed by atoms with Gasteiger partial charge in [-0.05, 0) is 29.5 Å². The van der Waals surface area contributed by atoms with E-state index in [2.05, 4.69) is 15.6 Å². The highest BCUT2D eigenvalue weighted by Crippen LogP contribution is 2.26. The number of carboxylic acids is 1. The van der Waals surface area contributed by atoms with Crippen LogP contribution in [0.15, 0.2) is 24.4 Å². The predicted molar refractivity (Wildman–Crippen MR) is 84.4 cm³/mol. The number of carbonyl (C=O) groups excluding carboxylic acids is 2. The van der Waals surface area contributed by atoms with Crippen LogP contribution in [0.2, 0.25) is 0 Å². The number of amides is 2. The first-order chi connectivity index (χ1) is 11.3. The molecule has 2 amide bonds. The van der Waals surface area contributed by atoms with Gasteiger partial charge in [-0.3, -0.25) is 25.0 Å². The number of benzene rings is 1. The first-order valence-corrected chi connectivity index (χ1v) is 7.16. The molecule has 11 heteroatoms. The lowest BCUT2D eigenvalue weighted by Gasteiger charge is -2.10. The summed E-state index contributed by atoms with van der Waals surface area (Å²) in [5.41, 5.74) is -0.112. The van der Waals surface area contributed by atoms with E-state index in [-0.39, 0.29) is 26.9 Å². The first kappa shape index (κ1) is 17.0. The van der Waals surface area contributed by atoms with Crippen LogP contribution in [0.1, 0.15) is 27.6 Å². The fourth-order valence-electron chi connectivity index (χ4n) is 1.74. The Morgan fingerprint density at radius 3 is 2.54 bits per heavy atom. The molecular formula is C13H10N4O6S. The molecule has 1 aromatic carbocycles. The molecule has 0 spiro atoms. The van der Waals surface area contributed by atoms with E-state index in [1.165, 1.54) is 19.1 Å². The molecule has 0 bridgehead atoms. The van der Waals surface area contributed by atoms with E-state index in [0.717, 1.165) is 12.3 Å². The Bertz CT molecular complexity index is 847. The quantitative estimate of drug-likeness (QED) is 0.550. The standard InChI is InChI=1S/C13H10N4O6S/c1-6(18)15-9-4-7(12(20)21)2-3-8(9)11(19)16-13-14-5-10(24-13)17(22)23/h2-5H,1H3,(H,15,18)(H,20,21)(H,14,16,19). The van der Waals surface area contributed by atoms with E-state index in [1.54, 1.807) is 0 Å². The van der Waals surface area contributed by atoms with E-state index >= 15 is 0 Å². The number of rotatable bonds is 5. The Balaban J connectivity index is 2.31. The number of anilines is 2. The molecule has 1 heterocycles. The molecule has 10 nitrogen and oxygen atoms in total. The Kier molecular flexibility index (Phi) is 4.84. The van der Waals surface area contributed by atoms with Gasteiger partial charge in [0.25, 0.3) is 5.91 Å². The molecule has 3 N–H and O–H groups in total. The van der Waals surface area contributed by atoms with Crippen molar-refractivity contribution < 1.29 is 24.4 Å². The van der Waals surface area contributed by atoms with Gasteiger partial charge in [-0.15, -0.1) is 0 Å². The molecule has 2 rings (SSSR count). The molecule has 0 fully saturated rings. The van der Waals surface area contributed by atoms with Gasteiger partial charge in [-0.2, -0.15) is 0 Å². The van der Waals surface area contributed by atoms with Crippen molar-refractivity contribution in [1.29, 1.82) is 0 Å². The molecule has 0 saturated heterocycles. The van der Waals surface area contributed by atoms with Crippen molar-refractivity contribution in [1.82, 2.24) is 4.98 Å². The minimum Gasteiger partial charge on any atom is -0.478 e. The molecule has 124 valence electrons. The van der Waals surface area contributed by atoms with Crippen LogP contribution < -0.4 is 10.6 Å². The van der Waals surface area contributed by atoms with Crippen LogP contribution in [-0.4, -0.2) is 32.8 Å². The number of aromatic carboxylic acids is 1.